The number of rotatable bonds is 5. The van der Waals surface area contributed by atoms with Gasteiger partial charge in [-0.1, -0.05) is 25.7 Å². The third-order valence-corrected chi connectivity index (χ3v) is 4.35. The lowest BCUT2D eigenvalue weighted by Gasteiger charge is -2.23. The number of hydrogen-bond donors (Lipinski definition) is 1. The summed E-state index contributed by atoms with van der Waals surface area (Å²) in [6.45, 7) is 6.50. The molecule has 1 aromatic rings. The molecule has 1 saturated carbocycles. The average molecular weight is 249 g/mol. The molecule has 0 radical (unpaired) electrons. The van der Waals surface area contributed by atoms with Gasteiger partial charge >= 0.3 is 0 Å². The molecule has 1 aliphatic carbocycles. The van der Waals surface area contributed by atoms with Crippen molar-refractivity contribution in [2.45, 2.75) is 65.0 Å². The van der Waals surface area contributed by atoms with Crippen LogP contribution in [0.3, 0.4) is 0 Å². The van der Waals surface area contributed by atoms with Crippen LogP contribution in [0.15, 0.2) is 12.4 Å². The Hall–Kier alpha value is -0.830. The molecule has 1 N–H and O–H groups in total. The van der Waals surface area contributed by atoms with E-state index in [2.05, 4.69) is 34.9 Å². The van der Waals surface area contributed by atoms with Crippen LogP contribution in [0, 0.1) is 12.8 Å². The van der Waals surface area contributed by atoms with Gasteiger partial charge in [-0.3, -0.25) is 0 Å². The Morgan fingerprint density at radius 1 is 1.33 bits per heavy atom. The molecular formula is C15H27N3. The maximum atomic E-state index is 4.25. The standard InChI is InChI=1S/C15H27N3/c1-13(15-7-5-3-4-6-8-15)16-9-11-18-12-10-17-14(18)2/h10,12-13,15-16H,3-9,11H2,1-2H3/t13-/m0/s1. The molecule has 1 atom stereocenters. The van der Waals surface area contributed by atoms with Gasteiger partial charge in [-0.15, -0.1) is 0 Å². The smallest absolute Gasteiger partial charge is 0.105 e. The van der Waals surface area contributed by atoms with Gasteiger partial charge in [0.05, 0.1) is 0 Å². The molecule has 0 aromatic carbocycles. The molecule has 0 aliphatic heterocycles. The summed E-state index contributed by atoms with van der Waals surface area (Å²) in [6, 6.07) is 0.659. The van der Waals surface area contributed by atoms with Gasteiger partial charge in [0.15, 0.2) is 0 Å². The van der Waals surface area contributed by atoms with Crippen molar-refractivity contribution in [3.8, 4) is 0 Å². The first kappa shape index (κ1) is 13.6. The van der Waals surface area contributed by atoms with Gasteiger partial charge in [-0.05, 0) is 32.6 Å². The first-order valence-electron chi connectivity index (χ1n) is 7.48. The number of hydrogen-bond acceptors (Lipinski definition) is 2. The predicted molar refractivity (Wildman–Crippen MR) is 75.6 cm³/mol. The molecule has 1 aromatic heterocycles. The number of aromatic nitrogens is 2. The van der Waals surface area contributed by atoms with Crippen LogP contribution in [0.1, 0.15) is 51.3 Å². The summed E-state index contributed by atoms with van der Waals surface area (Å²) in [4.78, 5) is 4.25. The lowest BCUT2D eigenvalue weighted by molar-refractivity contribution is 0.334. The van der Waals surface area contributed by atoms with Crippen molar-refractivity contribution in [3.05, 3.63) is 18.2 Å². The van der Waals surface area contributed by atoms with Crippen molar-refractivity contribution in [2.24, 2.45) is 5.92 Å². The van der Waals surface area contributed by atoms with Gasteiger partial charge in [0.1, 0.15) is 5.82 Å². The van der Waals surface area contributed by atoms with E-state index in [1.807, 2.05) is 6.20 Å². The van der Waals surface area contributed by atoms with Crippen LogP contribution in [0.4, 0.5) is 0 Å². The second-order valence-electron chi connectivity index (χ2n) is 5.66. The lowest BCUT2D eigenvalue weighted by atomic mass is 9.93. The van der Waals surface area contributed by atoms with Gasteiger partial charge in [0.25, 0.3) is 0 Å². The van der Waals surface area contributed by atoms with E-state index in [0.717, 1.165) is 24.8 Å². The van der Waals surface area contributed by atoms with E-state index in [1.54, 1.807) is 0 Å². The molecule has 0 spiro atoms. The molecule has 0 bridgehead atoms. The van der Waals surface area contributed by atoms with Crippen molar-refractivity contribution in [2.75, 3.05) is 6.54 Å². The van der Waals surface area contributed by atoms with Crippen LogP contribution in [0.2, 0.25) is 0 Å². The Morgan fingerprint density at radius 3 is 2.67 bits per heavy atom. The van der Waals surface area contributed by atoms with E-state index >= 15 is 0 Å². The number of nitrogens with one attached hydrogen (secondary N) is 1. The van der Waals surface area contributed by atoms with E-state index in [-0.39, 0.29) is 0 Å². The maximum Gasteiger partial charge on any atom is 0.105 e. The minimum absolute atomic E-state index is 0.659. The fourth-order valence-corrected chi connectivity index (χ4v) is 3.03. The largest absolute Gasteiger partial charge is 0.334 e. The number of aryl methyl sites for hydroxylation is 1. The fourth-order valence-electron chi connectivity index (χ4n) is 3.03. The van der Waals surface area contributed by atoms with Gasteiger partial charge < -0.3 is 9.88 Å². The van der Waals surface area contributed by atoms with Gasteiger partial charge in [0, 0.05) is 31.5 Å². The van der Waals surface area contributed by atoms with Gasteiger partial charge in [-0.25, -0.2) is 4.98 Å². The van der Waals surface area contributed by atoms with E-state index in [0.29, 0.717) is 6.04 Å². The minimum Gasteiger partial charge on any atom is -0.334 e. The second-order valence-corrected chi connectivity index (χ2v) is 5.66. The summed E-state index contributed by atoms with van der Waals surface area (Å²) in [6.07, 6.45) is 12.5. The molecule has 1 aliphatic rings. The second kappa shape index (κ2) is 6.93. The van der Waals surface area contributed by atoms with Crippen LogP contribution >= 0.6 is 0 Å². The van der Waals surface area contributed by atoms with Crippen LogP contribution < -0.4 is 5.32 Å². The van der Waals surface area contributed by atoms with Crippen molar-refractivity contribution >= 4 is 0 Å². The highest BCUT2D eigenvalue weighted by Gasteiger charge is 2.18. The zero-order valence-corrected chi connectivity index (χ0v) is 11.9. The first-order valence-corrected chi connectivity index (χ1v) is 7.48. The van der Waals surface area contributed by atoms with E-state index in [9.17, 15) is 0 Å². The summed E-state index contributed by atoms with van der Waals surface area (Å²) < 4.78 is 2.22. The maximum absolute atomic E-state index is 4.25. The molecule has 3 nitrogen and oxygen atoms in total. The van der Waals surface area contributed by atoms with E-state index < -0.39 is 0 Å². The molecule has 3 heteroatoms. The molecule has 102 valence electrons. The van der Waals surface area contributed by atoms with Gasteiger partial charge in [0.2, 0.25) is 0 Å². The summed E-state index contributed by atoms with van der Waals surface area (Å²) >= 11 is 0. The SMILES string of the molecule is Cc1nccn1CCN[C@@H](C)C1CCCCCC1. The van der Waals surface area contributed by atoms with Crippen LogP contribution in [0.5, 0.6) is 0 Å². The van der Waals surface area contributed by atoms with Crippen molar-refractivity contribution in [3.63, 3.8) is 0 Å². The van der Waals surface area contributed by atoms with Crippen molar-refractivity contribution < 1.29 is 0 Å². The quantitative estimate of drug-likeness (QED) is 0.812. The lowest BCUT2D eigenvalue weighted by Crippen LogP contribution is -2.35. The monoisotopic (exact) mass is 249 g/mol. The molecule has 0 unspecified atom stereocenters. The van der Waals surface area contributed by atoms with Crippen LogP contribution in [-0.2, 0) is 6.54 Å². The van der Waals surface area contributed by atoms with Crippen molar-refractivity contribution in [1.29, 1.82) is 0 Å². The Balaban J connectivity index is 1.70. The summed E-state index contributed by atoms with van der Waals surface area (Å²) in [5, 5.41) is 3.70. The third-order valence-electron chi connectivity index (χ3n) is 4.35. The van der Waals surface area contributed by atoms with Crippen molar-refractivity contribution in [1.82, 2.24) is 14.9 Å². The average Bonchev–Trinajstić information content (AvgIpc) is 2.64. The highest BCUT2D eigenvalue weighted by Crippen LogP contribution is 2.25. The van der Waals surface area contributed by atoms with E-state index in [4.69, 9.17) is 0 Å². The summed E-state index contributed by atoms with van der Waals surface area (Å²) in [5.74, 6) is 2.00. The molecule has 2 rings (SSSR count). The van der Waals surface area contributed by atoms with Crippen LogP contribution in [0.25, 0.3) is 0 Å². The number of imidazole rings is 1. The van der Waals surface area contributed by atoms with Gasteiger partial charge in [-0.2, -0.15) is 0 Å². The fraction of sp³-hybridized carbons (Fsp3) is 0.800. The highest BCUT2D eigenvalue weighted by atomic mass is 15.1. The summed E-state index contributed by atoms with van der Waals surface area (Å²) in [7, 11) is 0. The Kier molecular flexibility index (Phi) is 5.24. The molecule has 0 saturated heterocycles. The number of nitrogens with zero attached hydrogens (tertiary/aromatic N) is 2. The normalized spacial score (nSPS) is 19.7. The van der Waals surface area contributed by atoms with E-state index in [1.165, 1.54) is 38.5 Å². The minimum atomic E-state index is 0.659. The highest BCUT2D eigenvalue weighted by molar-refractivity contribution is 4.88. The first-order chi connectivity index (χ1) is 8.77. The molecular weight excluding hydrogens is 222 g/mol. The topological polar surface area (TPSA) is 29.9 Å². The molecule has 1 fully saturated rings. The predicted octanol–water partition coefficient (Wildman–Crippen LogP) is 3.14. The Morgan fingerprint density at radius 2 is 2.06 bits per heavy atom. The zero-order chi connectivity index (χ0) is 12.8. The zero-order valence-electron chi connectivity index (χ0n) is 11.9. The molecule has 18 heavy (non-hydrogen) atoms. The third kappa shape index (κ3) is 3.84. The van der Waals surface area contributed by atoms with Crippen LogP contribution in [-0.4, -0.2) is 22.1 Å². The Labute approximate surface area is 111 Å². The molecule has 1 heterocycles. The Bertz CT molecular complexity index is 337. The molecule has 0 amide bonds. The summed E-state index contributed by atoms with van der Waals surface area (Å²) in [5.41, 5.74) is 0.